The second kappa shape index (κ2) is 28.5. The molecule has 4 aliphatic heterocycles. The predicted molar refractivity (Wildman–Crippen MR) is 333 cm³/mol. The van der Waals surface area contributed by atoms with Crippen LogP contribution in [-0.4, -0.2) is 126 Å². The Bertz CT molecular complexity index is 3130. The van der Waals surface area contributed by atoms with Gasteiger partial charge in [-0.25, -0.2) is 0 Å². The Kier molecular flexibility index (Phi) is 20.5. The minimum atomic E-state index is -0.690. The third kappa shape index (κ3) is 14.7. The van der Waals surface area contributed by atoms with Crippen molar-refractivity contribution in [2.24, 2.45) is 0 Å². The molecule has 10 rings (SSSR count). The predicted octanol–water partition coefficient (Wildman–Crippen LogP) is 11.0. The van der Waals surface area contributed by atoms with Crippen LogP contribution in [0, 0.1) is 0 Å². The summed E-state index contributed by atoms with van der Waals surface area (Å²) in [6.07, 6.45) is 10.8. The number of carbonyl (C=O) groups is 4. The second-order valence-electron chi connectivity index (χ2n) is 22.8. The van der Waals surface area contributed by atoms with E-state index in [4.69, 9.17) is 33.2 Å². The van der Waals surface area contributed by atoms with Gasteiger partial charge >= 0.3 is 0 Å². The van der Waals surface area contributed by atoms with Gasteiger partial charge in [0.25, 0.3) is 11.8 Å². The molecule has 448 valence electrons. The number of para-hydroxylation sites is 2. The van der Waals surface area contributed by atoms with E-state index >= 15 is 0 Å². The number of anilines is 5. The van der Waals surface area contributed by atoms with Crippen molar-refractivity contribution in [2.75, 3.05) is 105 Å². The number of nitrogens with one attached hydrogen (secondary N) is 3. The highest BCUT2D eigenvalue weighted by molar-refractivity contribution is 8.77. The molecule has 3 N–H and O–H groups in total. The molecule has 4 heterocycles. The minimum absolute atomic E-state index is 0.0353. The molecule has 1 fully saturated rings. The van der Waals surface area contributed by atoms with E-state index in [-0.39, 0.29) is 53.7 Å². The van der Waals surface area contributed by atoms with Crippen LogP contribution in [0.4, 0.5) is 28.4 Å². The van der Waals surface area contributed by atoms with Gasteiger partial charge in [-0.15, -0.1) is 0 Å². The Morgan fingerprint density at radius 1 is 0.690 bits per heavy atom. The molecule has 0 bridgehead atoms. The monoisotopic (exact) mass is 1180 g/mol. The summed E-state index contributed by atoms with van der Waals surface area (Å²) in [5.41, 5.74) is 8.13. The van der Waals surface area contributed by atoms with Crippen molar-refractivity contribution in [3.05, 3.63) is 124 Å². The van der Waals surface area contributed by atoms with Crippen LogP contribution in [-0.2, 0) is 49.9 Å². The molecule has 0 saturated heterocycles. The van der Waals surface area contributed by atoms with Gasteiger partial charge in [0.05, 0.1) is 75.8 Å². The molecule has 17 nitrogen and oxygen atoms in total. The van der Waals surface area contributed by atoms with Gasteiger partial charge in [-0.2, -0.15) is 0 Å². The number of hydrogen-bond acceptors (Lipinski definition) is 15. The van der Waals surface area contributed by atoms with Gasteiger partial charge in [0.2, 0.25) is 11.8 Å². The van der Waals surface area contributed by atoms with Crippen LogP contribution >= 0.6 is 21.6 Å². The molecule has 1 saturated carbocycles. The fraction of sp³-hybridized carbons (Fsp3) is 0.477. The zero-order valence-corrected chi connectivity index (χ0v) is 50.7. The molecule has 0 radical (unpaired) electrons. The van der Waals surface area contributed by atoms with E-state index in [0.29, 0.717) is 111 Å². The summed E-state index contributed by atoms with van der Waals surface area (Å²) in [6.45, 7) is 8.73. The van der Waals surface area contributed by atoms with Crippen molar-refractivity contribution in [2.45, 2.75) is 121 Å². The van der Waals surface area contributed by atoms with Crippen molar-refractivity contribution < 1.29 is 52.3 Å². The normalized spacial score (nSPS) is 17.4. The summed E-state index contributed by atoms with van der Waals surface area (Å²) in [6, 6.07) is 28.4. The molecule has 19 heteroatoms. The second-order valence-corrected chi connectivity index (χ2v) is 25.9. The van der Waals surface area contributed by atoms with Crippen molar-refractivity contribution in [1.29, 1.82) is 0 Å². The quantitative estimate of drug-likeness (QED) is 0.0334. The van der Waals surface area contributed by atoms with Gasteiger partial charge in [0.15, 0.2) is 23.0 Å². The molecule has 5 aromatic rings. The smallest absolute Gasteiger partial charge is 0.261 e. The van der Waals surface area contributed by atoms with Crippen LogP contribution < -0.4 is 49.6 Å². The van der Waals surface area contributed by atoms with Crippen LogP contribution in [0.2, 0.25) is 0 Å². The van der Waals surface area contributed by atoms with E-state index in [9.17, 15) is 19.2 Å². The van der Waals surface area contributed by atoms with Gasteiger partial charge in [-0.3, -0.25) is 24.1 Å². The average Bonchev–Trinajstić information content (AvgIpc) is 4.12. The largest absolute Gasteiger partial charge is 0.493 e. The molecular weight excluding hydrogens is 1100 g/mol. The molecule has 84 heavy (non-hydrogen) atoms. The summed E-state index contributed by atoms with van der Waals surface area (Å²) in [4.78, 5) is 61.3. The first-order chi connectivity index (χ1) is 40.9. The highest BCUT2D eigenvalue weighted by Gasteiger charge is 2.43. The van der Waals surface area contributed by atoms with Crippen LogP contribution in [0.3, 0.4) is 0 Å². The first kappa shape index (κ1) is 60.5. The molecule has 4 amide bonds. The molecule has 1 aliphatic carbocycles. The van der Waals surface area contributed by atoms with E-state index in [0.717, 1.165) is 70.8 Å². The number of methoxy groups -OCH3 is 3. The van der Waals surface area contributed by atoms with Crippen molar-refractivity contribution >= 4 is 73.7 Å². The third-order valence-corrected chi connectivity index (χ3v) is 19.5. The number of ether oxygens (including phenoxy) is 7. The summed E-state index contributed by atoms with van der Waals surface area (Å²) in [5, 5.41) is 9.91. The standard InChI is InChI=1S/C65H80N6O11S2/c1-65(2,84-83-29-15-22-61(72)67-47-18-9-7-6-8-10-19-47)42-69(23-24-79-27-28-80-26-25-76-3)48-31-43(40-81-59-37-52-50(35-57(59)77-4)63(74)70-49(39-66-52)33-45-16-11-13-20-54(45)70)30-44(32-48)41-82-60-38-53-51(36-58(60)78-5)64(75)71-55-21-14-12-17-46(55)34-56(71)62(73)68-53/h11-14,16-17,20-21,30-32,35-38,47,49,56,66H,6-10,15,18-19,22-29,33-34,39-42H2,1-5H3,(H,67,72)(H,68,73)/t49-,56-/m0/s1. The maximum absolute atomic E-state index is 14.3. The maximum Gasteiger partial charge on any atom is 0.261 e. The first-order valence-electron chi connectivity index (χ1n) is 29.6. The fourth-order valence-electron chi connectivity index (χ4n) is 11.9. The SMILES string of the molecule is COCCOCCOCCN(CC(C)(C)SSCCCC(=O)NC1CCCCCCC1)c1cc(COc2cc3c(cc2OC)C(=O)N2c4ccccc4C[C@H]2CN3)cc(COc2cc3c(cc2OC)C(=O)N2c4ccccc4C[C@H]2C(=O)N3)c1. The number of carbonyl (C=O) groups excluding carboxylic acids is 4. The summed E-state index contributed by atoms with van der Waals surface area (Å²) >= 11 is 0. The molecule has 0 unspecified atom stereocenters. The van der Waals surface area contributed by atoms with E-state index < -0.39 is 6.04 Å². The first-order valence-corrected chi connectivity index (χ1v) is 31.9. The topological polar surface area (TPSA) is 179 Å². The number of fused-ring (bicyclic) bond motifs is 8. The fourth-order valence-corrected chi connectivity index (χ4v) is 14.5. The van der Waals surface area contributed by atoms with Crippen molar-refractivity contribution in [1.82, 2.24) is 5.32 Å². The lowest BCUT2D eigenvalue weighted by Crippen LogP contribution is -2.42. The number of hydrogen-bond donors (Lipinski definition) is 3. The minimum Gasteiger partial charge on any atom is -0.493 e. The Labute approximate surface area is 501 Å². The Balaban J connectivity index is 0.904. The van der Waals surface area contributed by atoms with Gasteiger partial charge < -0.3 is 58.9 Å². The van der Waals surface area contributed by atoms with Gasteiger partial charge in [0, 0.05) is 85.3 Å². The molecule has 0 spiro atoms. The number of nitrogens with zero attached hydrogens (tertiary/aromatic N) is 3. The van der Waals surface area contributed by atoms with Crippen molar-refractivity contribution in [3.63, 3.8) is 0 Å². The van der Waals surface area contributed by atoms with E-state index in [2.05, 4.69) is 52.9 Å². The lowest BCUT2D eigenvalue weighted by Gasteiger charge is -2.34. The number of amides is 4. The third-order valence-electron chi connectivity index (χ3n) is 16.1. The van der Waals surface area contributed by atoms with Gasteiger partial charge in [0.1, 0.15) is 19.3 Å². The maximum atomic E-state index is 14.3. The van der Waals surface area contributed by atoms with Crippen LogP contribution in [0.5, 0.6) is 23.0 Å². The molecule has 0 aromatic heterocycles. The van der Waals surface area contributed by atoms with Crippen LogP contribution in [0.25, 0.3) is 0 Å². The summed E-state index contributed by atoms with van der Waals surface area (Å²) < 4.78 is 42.0. The summed E-state index contributed by atoms with van der Waals surface area (Å²) in [5.74, 6) is 1.90. The summed E-state index contributed by atoms with van der Waals surface area (Å²) in [7, 11) is 8.36. The molecule has 5 aromatic carbocycles. The zero-order valence-electron chi connectivity index (χ0n) is 49.1. The Hall–Kier alpha value is -6.64. The lowest BCUT2D eigenvalue weighted by molar-refractivity contribution is -0.122. The molecular formula is C65H80N6O11S2. The molecule has 2 atom stereocenters. The van der Waals surface area contributed by atoms with Crippen LogP contribution in [0.15, 0.2) is 91.0 Å². The number of benzene rings is 5. The Morgan fingerprint density at radius 2 is 1.29 bits per heavy atom. The number of rotatable bonds is 27. The lowest BCUT2D eigenvalue weighted by atomic mass is 9.96. The van der Waals surface area contributed by atoms with E-state index in [1.807, 2.05) is 70.3 Å². The van der Waals surface area contributed by atoms with Gasteiger partial charge in [-0.1, -0.05) is 90.1 Å². The van der Waals surface area contributed by atoms with E-state index in [1.165, 1.54) is 39.2 Å². The van der Waals surface area contributed by atoms with Crippen LogP contribution in [0.1, 0.15) is 115 Å². The van der Waals surface area contributed by atoms with Crippen molar-refractivity contribution in [3.8, 4) is 23.0 Å². The van der Waals surface area contributed by atoms with E-state index in [1.54, 1.807) is 48.1 Å². The Morgan fingerprint density at radius 3 is 1.96 bits per heavy atom. The highest BCUT2D eigenvalue weighted by Crippen LogP contribution is 2.44. The molecule has 5 aliphatic rings. The van der Waals surface area contributed by atoms with Gasteiger partial charge in [-0.05, 0) is 104 Å². The highest BCUT2D eigenvalue weighted by atomic mass is 33.1. The average molecular weight is 1190 g/mol. The zero-order chi connectivity index (χ0) is 58.6.